The Morgan fingerprint density at radius 1 is 1.38 bits per heavy atom. The van der Waals surface area contributed by atoms with Gasteiger partial charge in [0.25, 0.3) is 0 Å². The molecule has 1 heterocycles. The van der Waals surface area contributed by atoms with Gasteiger partial charge >= 0.3 is 0 Å². The van der Waals surface area contributed by atoms with Crippen LogP contribution in [0.3, 0.4) is 0 Å². The van der Waals surface area contributed by atoms with E-state index < -0.39 is 0 Å². The van der Waals surface area contributed by atoms with Crippen molar-refractivity contribution in [3.05, 3.63) is 41.2 Å². The number of aliphatic hydroxyl groups excluding tert-OH is 1. The van der Waals surface area contributed by atoms with E-state index in [9.17, 15) is 5.11 Å². The summed E-state index contributed by atoms with van der Waals surface area (Å²) in [6.45, 7) is 2.35. The summed E-state index contributed by atoms with van der Waals surface area (Å²) in [5, 5.41) is 10.2. The number of hydrogen-bond donors (Lipinski definition) is 1. The van der Waals surface area contributed by atoms with Crippen molar-refractivity contribution in [2.45, 2.75) is 38.6 Å². The first-order chi connectivity index (χ1) is 10.2. The third kappa shape index (κ3) is 2.85. The molecule has 0 bridgehead atoms. The molecule has 1 aliphatic rings. The standard InChI is InChI=1S/C17H21ClN2O/c1-12-4-2-7-15(18)16(12)17-19-8-9-20(17)14-6-3-5-13(10-14)11-21/h2,4,7-9,13-14,21H,3,5-6,10-11H2,1H3/t13-,14+/m0/s1. The Balaban J connectivity index is 1.98. The number of hydrogen-bond acceptors (Lipinski definition) is 2. The van der Waals surface area contributed by atoms with E-state index in [1.165, 1.54) is 0 Å². The highest BCUT2D eigenvalue weighted by atomic mass is 35.5. The van der Waals surface area contributed by atoms with Crippen molar-refractivity contribution in [1.82, 2.24) is 9.55 Å². The van der Waals surface area contributed by atoms with Crippen LogP contribution in [0, 0.1) is 12.8 Å². The highest BCUT2D eigenvalue weighted by molar-refractivity contribution is 6.33. The van der Waals surface area contributed by atoms with E-state index in [0.29, 0.717) is 12.0 Å². The number of rotatable bonds is 3. The first kappa shape index (κ1) is 14.6. The maximum absolute atomic E-state index is 9.43. The lowest BCUT2D eigenvalue weighted by Gasteiger charge is -2.30. The molecule has 21 heavy (non-hydrogen) atoms. The quantitative estimate of drug-likeness (QED) is 0.921. The molecule has 1 aliphatic carbocycles. The van der Waals surface area contributed by atoms with Gasteiger partial charge in [0, 0.05) is 30.6 Å². The molecular formula is C17H21ClN2O. The highest BCUT2D eigenvalue weighted by Crippen LogP contribution is 2.37. The smallest absolute Gasteiger partial charge is 0.141 e. The summed E-state index contributed by atoms with van der Waals surface area (Å²) in [6, 6.07) is 6.36. The molecule has 0 unspecified atom stereocenters. The van der Waals surface area contributed by atoms with Crippen LogP contribution < -0.4 is 0 Å². The Kier molecular flexibility index (Phi) is 4.32. The van der Waals surface area contributed by atoms with Crippen LogP contribution in [0.5, 0.6) is 0 Å². The summed E-state index contributed by atoms with van der Waals surface area (Å²) in [4.78, 5) is 4.55. The van der Waals surface area contributed by atoms with Gasteiger partial charge in [-0.2, -0.15) is 0 Å². The molecule has 0 radical (unpaired) electrons. The molecule has 0 saturated heterocycles. The van der Waals surface area contributed by atoms with Crippen molar-refractivity contribution in [3.63, 3.8) is 0 Å². The predicted molar refractivity (Wildman–Crippen MR) is 85.5 cm³/mol. The topological polar surface area (TPSA) is 38.0 Å². The molecule has 3 nitrogen and oxygen atoms in total. The molecule has 2 atom stereocenters. The second-order valence-corrected chi connectivity index (χ2v) is 6.37. The van der Waals surface area contributed by atoms with Crippen molar-refractivity contribution in [2.75, 3.05) is 6.61 Å². The number of aromatic nitrogens is 2. The second kappa shape index (κ2) is 6.20. The van der Waals surface area contributed by atoms with Crippen LogP contribution in [0.15, 0.2) is 30.6 Å². The van der Waals surface area contributed by atoms with Gasteiger partial charge in [0.05, 0.1) is 5.02 Å². The minimum atomic E-state index is 0.283. The summed E-state index contributed by atoms with van der Waals surface area (Å²) in [7, 11) is 0. The molecule has 3 rings (SSSR count). The molecule has 1 saturated carbocycles. The van der Waals surface area contributed by atoms with Crippen LogP contribution >= 0.6 is 11.6 Å². The summed E-state index contributed by atoms with van der Waals surface area (Å²) in [5.41, 5.74) is 2.17. The first-order valence-corrected chi connectivity index (χ1v) is 7.97. The number of imidazole rings is 1. The molecule has 0 spiro atoms. The summed E-state index contributed by atoms with van der Waals surface area (Å²) >= 11 is 6.39. The first-order valence-electron chi connectivity index (χ1n) is 7.60. The molecule has 1 aromatic carbocycles. The van der Waals surface area contributed by atoms with Crippen LogP contribution in [0.4, 0.5) is 0 Å². The van der Waals surface area contributed by atoms with Gasteiger partial charge in [0.15, 0.2) is 0 Å². The Morgan fingerprint density at radius 2 is 2.24 bits per heavy atom. The predicted octanol–water partition coefficient (Wildman–Crippen LogP) is 4.24. The van der Waals surface area contributed by atoms with E-state index in [1.54, 1.807) is 0 Å². The maximum Gasteiger partial charge on any atom is 0.141 e. The summed E-state index contributed by atoms with van der Waals surface area (Å²) in [6.07, 6.45) is 8.34. The molecule has 112 valence electrons. The van der Waals surface area contributed by atoms with Gasteiger partial charge in [0.1, 0.15) is 5.82 Å². The zero-order valence-corrected chi connectivity index (χ0v) is 13.1. The normalized spacial score (nSPS) is 22.4. The fourth-order valence-electron chi connectivity index (χ4n) is 3.40. The van der Waals surface area contributed by atoms with Gasteiger partial charge in [-0.05, 0) is 43.7 Å². The third-order valence-corrected chi connectivity index (χ3v) is 4.84. The minimum absolute atomic E-state index is 0.283. The van der Waals surface area contributed by atoms with Gasteiger partial charge in [0.2, 0.25) is 0 Å². The van der Waals surface area contributed by atoms with Gasteiger partial charge in [-0.1, -0.05) is 30.2 Å². The van der Waals surface area contributed by atoms with Crippen molar-refractivity contribution in [1.29, 1.82) is 0 Å². The molecule has 1 N–H and O–H groups in total. The number of nitrogens with zero attached hydrogens (tertiary/aromatic N) is 2. The average molecular weight is 305 g/mol. The Labute approximate surface area is 130 Å². The Hall–Kier alpha value is -1.32. The largest absolute Gasteiger partial charge is 0.396 e. The summed E-state index contributed by atoms with van der Waals surface area (Å²) < 4.78 is 2.25. The second-order valence-electron chi connectivity index (χ2n) is 5.96. The van der Waals surface area contributed by atoms with Gasteiger partial charge in [-0.25, -0.2) is 4.98 Å². The van der Waals surface area contributed by atoms with E-state index in [-0.39, 0.29) is 6.61 Å². The van der Waals surface area contributed by atoms with Gasteiger partial charge < -0.3 is 9.67 Å². The van der Waals surface area contributed by atoms with Crippen molar-refractivity contribution in [3.8, 4) is 11.4 Å². The lowest BCUT2D eigenvalue weighted by Crippen LogP contribution is -2.21. The highest BCUT2D eigenvalue weighted by Gasteiger charge is 2.25. The monoisotopic (exact) mass is 304 g/mol. The van der Waals surface area contributed by atoms with E-state index >= 15 is 0 Å². The molecule has 0 amide bonds. The SMILES string of the molecule is Cc1cccc(Cl)c1-c1nccn1[C@@H]1CCC[C@H](CO)C1. The molecule has 1 fully saturated rings. The number of halogens is 1. The number of aryl methyl sites for hydroxylation is 1. The Bertz CT molecular complexity index is 603. The minimum Gasteiger partial charge on any atom is -0.396 e. The fraction of sp³-hybridized carbons (Fsp3) is 0.471. The lowest BCUT2D eigenvalue weighted by atomic mass is 9.86. The van der Waals surface area contributed by atoms with E-state index in [1.807, 2.05) is 24.5 Å². The van der Waals surface area contributed by atoms with Crippen LogP contribution in [-0.4, -0.2) is 21.3 Å². The van der Waals surface area contributed by atoms with E-state index in [0.717, 1.165) is 47.7 Å². The molecule has 0 aliphatic heterocycles. The number of aliphatic hydroxyl groups is 1. The lowest BCUT2D eigenvalue weighted by molar-refractivity contribution is 0.163. The molecule has 2 aromatic rings. The average Bonchev–Trinajstić information content (AvgIpc) is 2.96. The van der Waals surface area contributed by atoms with Crippen molar-refractivity contribution < 1.29 is 5.11 Å². The zero-order chi connectivity index (χ0) is 14.8. The zero-order valence-electron chi connectivity index (χ0n) is 12.3. The van der Waals surface area contributed by atoms with Crippen LogP contribution in [0.25, 0.3) is 11.4 Å². The van der Waals surface area contributed by atoms with E-state index in [2.05, 4.69) is 22.5 Å². The third-order valence-electron chi connectivity index (χ3n) is 4.52. The fourth-order valence-corrected chi connectivity index (χ4v) is 3.70. The van der Waals surface area contributed by atoms with E-state index in [4.69, 9.17) is 11.6 Å². The molecule has 1 aromatic heterocycles. The van der Waals surface area contributed by atoms with Crippen LogP contribution in [0.2, 0.25) is 5.02 Å². The van der Waals surface area contributed by atoms with Crippen LogP contribution in [0.1, 0.15) is 37.3 Å². The molecular weight excluding hydrogens is 284 g/mol. The van der Waals surface area contributed by atoms with Gasteiger partial charge in [-0.3, -0.25) is 0 Å². The van der Waals surface area contributed by atoms with Gasteiger partial charge in [-0.15, -0.1) is 0 Å². The van der Waals surface area contributed by atoms with Crippen molar-refractivity contribution in [2.24, 2.45) is 5.92 Å². The maximum atomic E-state index is 9.43. The number of benzene rings is 1. The summed E-state index contributed by atoms with van der Waals surface area (Å²) in [5.74, 6) is 1.35. The Morgan fingerprint density at radius 3 is 3.00 bits per heavy atom. The van der Waals surface area contributed by atoms with Crippen LogP contribution in [-0.2, 0) is 0 Å². The van der Waals surface area contributed by atoms with Crippen molar-refractivity contribution >= 4 is 11.6 Å². The molecule has 4 heteroatoms.